The highest BCUT2D eigenvalue weighted by atomic mass is 19.1. The molecule has 0 radical (unpaired) electrons. The monoisotopic (exact) mass is 316 g/mol. The molecule has 1 aromatic heterocycles. The molecule has 116 valence electrons. The van der Waals surface area contributed by atoms with E-state index in [-0.39, 0.29) is 5.82 Å². The minimum Gasteiger partial charge on any atom is -0.436 e. The lowest BCUT2D eigenvalue weighted by atomic mass is 10.2. The molecule has 3 nitrogen and oxygen atoms in total. The number of hydrogen-bond acceptors (Lipinski definition) is 3. The summed E-state index contributed by atoms with van der Waals surface area (Å²) in [6, 6.07) is 21.5. The summed E-state index contributed by atoms with van der Waals surface area (Å²) in [5.74, 6) is 0.306. The fourth-order valence-electron chi connectivity index (χ4n) is 2.41. The van der Waals surface area contributed by atoms with Crippen LogP contribution in [0.3, 0.4) is 0 Å². The number of rotatable bonds is 3. The summed E-state index contributed by atoms with van der Waals surface area (Å²) in [7, 11) is 0. The minimum absolute atomic E-state index is 0.259. The summed E-state index contributed by atoms with van der Waals surface area (Å²) in [6.45, 7) is 0. The highest BCUT2D eigenvalue weighted by Crippen LogP contribution is 2.26. The molecule has 0 aliphatic carbocycles. The summed E-state index contributed by atoms with van der Waals surface area (Å²) in [6.07, 6.45) is 1.70. The molecule has 0 aliphatic rings. The molecule has 0 aliphatic heterocycles. The molecule has 1 heterocycles. The lowest BCUT2D eigenvalue weighted by Crippen LogP contribution is -1.81. The van der Waals surface area contributed by atoms with E-state index in [1.54, 1.807) is 18.3 Å². The van der Waals surface area contributed by atoms with Gasteiger partial charge in [0.2, 0.25) is 5.89 Å². The van der Waals surface area contributed by atoms with Gasteiger partial charge in [0.05, 0.1) is 5.69 Å². The fourth-order valence-corrected chi connectivity index (χ4v) is 2.41. The van der Waals surface area contributed by atoms with Crippen LogP contribution < -0.4 is 0 Å². The van der Waals surface area contributed by atoms with Crippen LogP contribution in [0.25, 0.3) is 22.6 Å². The fraction of sp³-hybridized carbons (Fsp3) is 0. The van der Waals surface area contributed by atoms with Gasteiger partial charge in [0, 0.05) is 11.8 Å². The molecular formula is C20H13FN2O. The Balaban J connectivity index is 1.64. The van der Waals surface area contributed by atoms with E-state index in [0.717, 1.165) is 27.9 Å². The van der Waals surface area contributed by atoms with Crippen LogP contribution >= 0.6 is 0 Å². The molecule has 0 spiro atoms. The maximum atomic E-state index is 12.9. The van der Waals surface area contributed by atoms with Crippen LogP contribution in [0, 0.1) is 5.82 Å². The first kappa shape index (κ1) is 14.3. The van der Waals surface area contributed by atoms with Crippen molar-refractivity contribution < 1.29 is 8.81 Å². The molecule has 0 saturated carbocycles. The molecule has 0 amide bonds. The number of nitrogens with zero attached hydrogens (tertiary/aromatic N) is 2. The van der Waals surface area contributed by atoms with Gasteiger partial charge in [-0.05, 0) is 48.0 Å². The molecule has 0 N–H and O–H groups in total. The van der Waals surface area contributed by atoms with Crippen molar-refractivity contribution >= 4 is 23.0 Å². The Hall–Kier alpha value is -3.27. The second-order valence-corrected chi connectivity index (χ2v) is 5.35. The van der Waals surface area contributed by atoms with Crippen LogP contribution in [-0.4, -0.2) is 11.2 Å². The molecule has 4 aromatic rings. The molecule has 0 bridgehead atoms. The van der Waals surface area contributed by atoms with E-state index < -0.39 is 0 Å². The van der Waals surface area contributed by atoms with E-state index in [9.17, 15) is 4.39 Å². The molecule has 0 saturated heterocycles. The van der Waals surface area contributed by atoms with Crippen molar-refractivity contribution in [1.29, 1.82) is 0 Å². The summed E-state index contributed by atoms with van der Waals surface area (Å²) in [5, 5.41) is 0. The van der Waals surface area contributed by atoms with Crippen molar-refractivity contribution in [2.75, 3.05) is 0 Å². The van der Waals surface area contributed by atoms with Crippen molar-refractivity contribution in [2.45, 2.75) is 0 Å². The van der Waals surface area contributed by atoms with Gasteiger partial charge in [-0.15, -0.1) is 0 Å². The summed E-state index contributed by atoms with van der Waals surface area (Å²) in [4.78, 5) is 8.92. The Morgan fingerprint density at radius 3 is 2.58 bits per heavy atom. The van der Waals surface area contributed by atoms with Crippen LogP contribution in [0.2, 0.25) is 0 Å². The van der Waals surface area contributed by atoms with E-state index in [1.807, 2.05) is 48.5 Å². The predicted molar refractivity (Wildman–Crippen MR) is 93.1 cm³/mol. The number of para-hydroxylation sites is 2. The zero-order valence-corrected chi connectivity index (χ0v) is 12.7. The van der Waals surface area contributed by atoms with Crippen LogP contribution in [0.15, 0.2) is 82.2 Å². The maximum Gasteiger partial charge on any atom is 0.227 e. The largest absolute Gasteiger partial charge is 0.436 e. The molecule has 24 heavy (non-hydrogen) atoms. The van der Waals surface area contributed by atoms with Gasteiger partial charge in [-0.3, -0.25) is 4.99 Å². The summed E-state index contributed by atoms with van der Waals surface area (Å²) < 4.78 is 18.7. The molecule has 4 heteroatoms. The second-order valence-electron chi connectivity index (χ2n) is 5.35. The first-order valence-corrected chi connectivity index (χ1v) is 7.54. The third-order valence-corrected chi connectivity index (χ3v) is 3.62. The standard InChI is InChI=1S/C20H13FN2O/c21-16-10-8-14(9-11-16)13-22-17-5-3-4-15(12-17)20-23-18-6-1-2-7-19(18)24-20/h1-13H. The summed E-state index contributed by atoms with van der Waals surface area (Å²) in [5.41, 5.74) is 4.06. The van der Waals surface area contributed by atoms with Crippen molar-refractivity contribution in [3.63, 3.8) is 0 Å². The third-order valence-electron chi connectivity index (χ3n) is 3.62. The quantitative estimate of drug-likeness (QED) is 0.476. The molecule has 0 fully saturated rings. The molecule has 0 unspecified atom stereocenters. The number of halogens is 1. The van der Waals surface area contributed by atoms with Gasteiger partial charge in [-0.2, -0.15) is 0 Å². The van der Waals surface area contributed by atoms with E-state index in [4.69, 9.17) is 4.42 Å². The number of benzene rings is 3. The van der Waals surface area contributed by atoms with Crippen LogP contribution in [-0.2, 0) is 0 Å². The Morgan fingerprint density at radius 1 is 0.917 bits per heavy atom. The first-order valence-electron chi connectivity index (χ1n) is 7.54. The minimum atomic E-state index is -0.259. The number of hydrogen-bond donors (Lipinski definition) is 0. The van der Waals surface area contributed by atoms with Gasteiger partial charge in [-0.1, -0.05) is 30.3 Å². The van der Waals surface area contributed by atoms with Gasteiger partial charge < -0.3 is 4.42 Å². The topological polar surface area (TPSA) is 38.4 Å². The highest BCUT2D eigenvalue weighted by Gasteiger charge is 2.07. The van der Waals surface area contributed by atoms with Gasteiger partial charge in [0.15, 0.2) is 5.58 Å². The zero-order valence-electron chi connectivity index (χ0n) is 12.7. The van der Waals surface area contributed by atoms with Gasteiger partial charge >= 0.3 is 0 Å². The second kappa shape index (κ2) is 6.08. The average Bonchev–Trinajstić information content (AvgIpc) is 3.06. The highest BCUT2D eigenvalue weighted by molar-refractivity contribution is 5.82. The Morgan fingerprint density at radius 2 is 1.75 bits per heavy atom. The Bertz CT molecular complexity index is 986. The molecule has 4 rings (SSSR count). The van der Waals surface area contributed by atoms with Crippen LogP contribution in [0.5, 0.6) is 0 Å². The van der Waals surface area contributed by atoms with Crippen molar-refractivity contribution in [1.82, 2.24) is 4.98 Å². The van der Waals surface area contributed by atoms with E-state index >= 15 is 0 Å². The van der Waals surface area contributed by atoms with E-state index in [2.05, 4.69) is 9.98 Å². The third kappa shape index (κ3) is 2.94. The molecule has 3 aromatic carbocycles. The number of fused-ring (bicyclic) bond motifs is 1. The SMILES string of the molecule is Fc1ccc(C=Nc2cccc(-c3nc4ccccc4o3)c2)cc1. The van der Waals surface area contributed by atoms with E-state index in [1.165, 1.54) is 12.1 Å². The van der Waals surface area contributed by atoms with Gasteiger partial charge in [-0.25, -0.2) is 9.37 Å². The zero-order chi connectivity index (χ0) is 16.4. The van der Waals surface area contributed by atoms with Crippen LogP contribution in [0.1, 0.15) is 5.56 Å². The van der Waals surface area contributed by atoms with Crippen LogP contribution in [0.4, 0.5) is 10.1 Å². The first-order chi connectivity index (χ1) is 11.8. The summed E-state index contributed by atoms with van der Waals surface area (Å²) >= 11 is 0. The lowest BCUT2D eigenvalue weighted by molar-refractivity contribution is 0.620. The van der Waals surface area contributed by atoms with Gasteiger partial charge in [0.25, 0.3) is 0 Å². The maximum absolute atomic E-state index is 12.9. The molecule has 0 atom stereocenters. The average molecular weight is 316 g/mol. The number of aliphatic imine (C=N–C) groups is 1. The van der Waals surface area contributed by atoms with Crippen molar-refractivity contribution in [2.24, 2.45) is 4.99 Å². The Kier molecular flexibility index (Phi) is 3.63. The van der Waals surface area contributed by atoms with Crippen molar-refractivity contribution in [3.05, 3.63) is 84.2 Å². The number of oxazole rings is 1. The smallest absolute Gasteiger partial charge is 0.227 e. The Labute approximate surface area is 138 Å². The van der Waals surface area contributed by atoms with Crippen molar-refractivity contribution in [3.8, 4) is 11.5 Å². The van der Waals surface area contributed by atoms with Gasteiger partial charge in [0.1, 0.15) is 11.3 Å². The number of aromatic nitrogens is 1. The lowest BCUT2D eigenvalue weighted by Gasteiger charge is -1.98. The van der Waals surface area contributed by atoms with E-state index in [0.29, 0.717) is 5.89 Å². The molecular weight excluding hydrogens is 303 g/mol. The predicted octanol–water partition coefficient (Wildman–Crippen LogP) is 5.38. The normalized spacial score (nSPS) is 11.4.